The van der Waals surface area contributed by atoms with Crippen LogP contribution in [0.4, 0.5) is 0 Å². The second-order valence-corrected chi connectivity index (χ2v) is 5.54. The summed E-state index contributed by atoms with van der Waals surface area (Å²) in [5.74, 6) is 3.27. The number of rotatable bonds is 5. The van der Waals surface area contributed by atoms with Crippen LogP contribution in [0.5, 0.6) is 11.5 Å². The largest absolute Gasteiger partial charge is 0.486 e. The first-order valence-corrected chi connectivity index (χ1v) is 7.21. The number of hydrogen-bond donors (Lipinski definition) is 2. The first kappa shape index (κ1) is 13.2. The van der Waals surface area contributed by atoms with Crippen LogP contribution in [0.3, 0.4) is 0 Å². The van der Waals surface area contributed by atoms with E-state index in [0.29, 0.717) is 19.1 Å². The van der Waals surface area contributed by atoms with Crippen molar-refractivity contribution in [3.05, 3.63) is 18.0 Å². The molecule has 1 aromatic carbocycles. The number of nitrogens with one attached hydrogen (secondary N) is 2. The lowest BCUT2D eigenvalue weighted by Gasteiger charge is -2.17. The van der Waals surface area contributed by atoms with E-state index in [9.17, 15) is 0 Å². The molecule has 0 unspecified atom stereocenters. The van der Waals surface area contributed by atoms with E-state index in [2.05, 4.69) is 29.1 Å². The first-order valence-electron chi connectivity index (χ1n) is 7.21. The predicted octanol–water partition coefficient (Wildman–Crippen LogP) is 2.12. The van der Waals surface area contributed by atoms with Gasteiger partial charge in [-0.2, -0.15) is 0 Å². The zero-order chi connectivity index (χ0) is 13.9. The van der Waals surface area contributed by atoms with Crippen LogP contribution in [0, 0.1) is 5.92 Å². The summed E-state index contributed by atoms with van der Waals surface area (Å²) in [7, 11) is 0. The van der Waals surface area contributed by atoms with Crippen molar-refractivity contribution >= 4 is 11.0 Å². The molecule has 5 nitrogen and oxygen atoms in total. The van der Waals surface area contributed by atoms with Gasteiger partial charge in [-0.15, -0.1) is 0 Å². The van der Waals surface area contributed by atoms with Crippen LogP contribution < -0.4 is 14.8 Å². The van der Waals surface area contributed by atoms with E-state index in [-0.39, 0.29) is 0 Å². The van der Waals surface area contributed by atoms with E-state index in [4.69, 9.17) is 9.47 Å². The predicted molar refractivity (Wildman–Crippen MR) is 78.5 cm³/mol. The molecule has 0 atom stereocenters. The van der Waals surface area contributed by atoms with Gasteiger partial charge in [0, 0.05) is 25.1 Å². The molecule has 5 heteroatoms. The summed E-state index contributed by atoms with van der Waals surface area (Å²) in [6, 6.07) is 3.92. The summed E-state index contributed by atoms with van der Waals surface area (Å²) in [5.41, 5.74) is 1.95. The van der Waals surface area contributed by atoms with E-state index < -0.39 is 0 Å². The van der Waals surface area contributed by atoms with Gasteiger partial charge in [0.15, 0.2) is 11.5 Å². The fraction of sp³-hybridized carbons (Fsp3) is 0.533. The van der Waals surface area contributed by atoms with Crippen LogP contribution in [-0.2, 0) is 6.42 Å². The average Bonchev–Trinajstić information content (AvgIpc) is 2.82. The van der Waals surface area contributed by atoms with Crippen molar-refractivity contribution in [3.8, 4) is 11.5 Å². The third-order valence-corrected chi connectivity index (χ3v) is 3.29. The zero-order valence-corrected chi connectivity index (χ0v) is 12.0. The molecule has 2 N–H and O–H groups in total. The van der Waals surface area contributed by atoms with E-state index in [1.807, 2.05) is 12.1 Å². The fourth-order valence-corrected chi connectivity index (χ4v) is 2.32. The van der Waals surface area contributed by atoms with E-state index >= 15 is 0 Å². The molecule has 0 spiro atoms. The number of aromatic amines is 1. The summed E-state index contributed by atoms with van der Waals surface area (Å²) in [6.07, 6.45) is 0.897. The molecule has 0 radical (unpaired) electrons. The van der Waals surface area contributed by atoms with Crippen LogP contribution in [0.1, 0.15) is 19.7 Å². The molecule has 1 aliphatic rings. The summed E-state index contributed by atoms with van der Waals surface area (Å²) in [5, 5.41) is 3.42. The standard InChI is InChI=1S/C15H21N3O2/c1-10(2)9-16-4-3-15-17-11-7-13-14(8-12(11)18-15)20-6-5-19-13/h7-8,10,16H,3-6,9H2,1-2H3,(H,17,18). The molecule has 20 heavy (non-hydrogen) atoms. The number of hydrogen-bond acceptors (Lipinski definition) is 4. The molecule has 0 bridgehead atoms. The lowest BCUT2D eigenvalue weighted by molar-refractivity contribution is 0.172. The number of nitrogens with zero attached hydrogens (tertiary/aromatic N) is 1. The minimum atomic E-state index is 0.606. The third-order valence-electron chi connectivity index (χ3n) is 3.29. The Morgan fingerprint density at radius 1 is 1.25 bits per heavy atom. The highest BCUT2D eigenvalue weighted by molar-refractivity contribution is 5.79. The van der Waals surface area contributed by atoms with Crippen molar-refractivity contribution in [1.29, 1.82) is 0 Å². The van der Waals surface area contributed by atoms with Gasteiger partial charge in [-0.3, -0.25) is 0 Å². The van der Waals surface area contributed by atoms with E-state index in [1.165, 1.54) is 0 Å². The Morgan fingerprint density at radius 2 is 2.00 bits per heavy atom. The molecule has 0 saturated heterocycles. The number of fused-ring (bicyclic) bond motifs is 2. The minimum Gasteiger partial charge on any atom is -0.486 e. The van der Waals surface area contributed by atoms with Crippen molar-refractivity contribution in [2.45, 2.75) is 20.3 Å². The third kappa shape index (κ3) is 2.88. The maximum atomic E-state index is 5.58. The highest BCUT2D eigenvalue weighted by Gasteiger charge is 2.14. The molecule has 0 amide bonds. The van der Waals surface area contributed by atoms with Gasteiger partial charge in [0.1, 0.15) is 19.0 Å². The van der Waals surface area contributed by atoms with Crippen molar-refractivity contribution in [3.63, 3.8) is 0 Å². The van der Waals surface area contributed by atoms with Gasteiger partial charge in [-0.25, -0.2) is 4.98 Å². The Hall–Kier alpha value is -1.75. The minimum absolute atomic E-state index is 0.606. The Labute approximate surface area is 118 Å². The first-order chi connectivity index (χ1) is 9.72. The fourth-order valence-electron chi connectivity index (χ4n) is 2.32. The number of ether oxygens (including phenoxy) is 2. The topological polar surface area (TPSA) is 59.2 Å². The van der Waals surface area contributed by atoms with E-state index in [0.717, 1.165) is 47.9 Å². The van der Waals surface area contributed by atoms with Crippen molar-refractivity contribution in [1.82, 2.24) is 15.3 Å². The average molecular weight is 275 g/mol. The molecular weight excluding hydrogens is 254 g/mol. The van der Waals surface area contributed by atoms with Crippen LogP contribution in [-0.4, -0.2) is 36.3 Å². The summed E-state index contributed by atoms with van der Waals surface area (Å²) < 4.78 is 11.2. The van der Waals surface area contributed by atoms with Crippen molar-refractivity contribution in [2.75, 3.05) is 26.3 Å². The number of imidazole rings is 1. The van der Waals surface area contributed by atoms with Gasteiger partial charge in [-0.05, 0) is 12.5 Å². The second-order valence-electron chi connectivity index (χ2n) is 5.54. The lowest BCUT2D eigenvalue weighted by atomic mass is 10.2. The van der Waals surface area contributed by atoms with Gasteiger partial charge in [-0.1, -0.05) is 13.8 Å². The molecule has 1 aliphatic heterocycles. The van der Waals surface area contributed by atoms with Gasteiger partial charge in [0.05, 0.1) is 11.0 Å². The van der Waals surface area contributed by atoms with Crippen LogP contribution in [0.15, 0.2) is 12.1 Å². The number of H-pyrrole nitrogens is 1. The second kappa shape index (κ2) is 5.71. The smallest absolute Gasteiger partial charge is 0.163 e. The summed E-state index contributed by atoms with van der Waals surface area (Å²) >= 11 is 0. The maximum Gasteiger partial charge on any atom is 0.163 e. The molecule has 108 valence electrons. The van der Waals surface area contributed by atoms with Crippen molar-refractivity contribution in [2.24, 2.45) is 5.92 Å². The van der Waals surface area contributed by atoms with E-state index in [1.54, 1.807) is 0 Å². The molecule has 0 aliphatic carbocycles. The molecular formula is C15H21N3O2. The van der Waals surface area contributed by atoms with Gasteiger partial charge in [0.2, 0.25) is 0 Å². The molecule has 1 aromatic heterocycles. The Kier molecular flexibility index (Phi) is 3.78. The normalized spacial score (nSPS) is 14.2. The highest BCUT2D eigenvalue weighted by atomic mass is 16.6. The van der Waals surface area contributed by atoms with Gasteiger partial charge in [0.25, 0.3) is 0 Å². The highest BCUT2D eigenvalue weighted by Crippen LogP contribution is 2.33. The van der Waals surface area contributed by atoms with Crippen molar-refractivity contribution < 1.29 is 9.47 Å². The summed E-state index contributed by atoms with van der Waals surface area (Å²) in [4.78, 5) is 7.95. The Morgan fingerprint density at radius 3 is 2.75 bits per heavy atom. The monoisotopic (exact) mass is 275 g/mol. The van der Waals surface area contributed by atoms with Gasteiger partial charge >= 0.3 is 0 Å². The summed E-state index contributed by atoms with van der Waals surface area (Å²) in [6.45, 7) is 7.60. The lowest BCUT2D eigenvalue weighted by Crippen LogP contribution is -2.22. The molecule has 0 fully saturated rings. The SMILES string of the molecule is CC(C)CNCCc1nc2cc3c(cc2[nH]1)OCCO3. The molecule has 0 saturated carbocycles. The Bertz CT molecular complexity index is 549. The number of aromatic nitrogens is 2. The zero-order valence-electron chi connectivity index (χ0n) is 12.0. The van der Waals surface area contributed by atoms with Crippen LogP contribution >= 0.6 is 0 Å². The van der Waals surface area contributed by atoms with Crippen LogP contribution in [0.2, 0.25) is 0 Å². The Balaban J connectivity index is 1.70. The number of benzene rings is 1. The molecule has 2 aromatic rings. The van der Waals surface area contributed by atoms with Crippen LogP contribution in [0.25, 0.3) is 11.0 Å². The quantitative estimate of drug-likeness (QED) is 0.821. The van der Waals surface area contributed by atoms with Gasteiger partial charge < -0.3 is 19.8 Å². The molecule has 2 heterocycles. The molecule has 3 rings (SSSR count). The maximum absolute atomic E-state index is 5.58.